The highest BCUT2D eigenvalue weighted by molar-refractivity contribution is 6.36. The van der Waals surface area contributed by atoms with Crippen LogP contribution >= 0.6 is 23.2 Å². The van der Waals surface area contributed by atoms with E-state index in [1.54, 1.807) is 7.11 Å². The van der Waals surface area contributed by atoms with Crippen LogP contribution in [-0.4, -0.2) is 19.3 Å². The zero-order valence-electron chi connectivity index (χ0n) is 12.3. The molecule has 0 radical (unpaired) electrons. The molecule has 0 heterocycles. The Morgan fingerprint density at radius 2 is 2.05 bits per heavy atom. The molecule has 0 amide bonds. The number of hydrogen-bond donors (Lipinski definition) is 1. The summed E-state index contributed by atoms with van der Waals surface area (Å²) in [5, 5.41) is 3.87. The third-order valence-corrected chi connectivity index (χ3v) is 3.16. The molecule has 0 saturated heterocycles. The molecule has 0 atom stereocenters. The van der Waals surface area contributed by atoms with E-state index in [1.165, 1.54) is 5.54 Å². The lowest BCUT2D eigenvalue weighted by atomic mass is 10.1. The molecule has 112 valence electrons. The van der Waals surface area contributed by atoms with Gasteiger partial charge in [-0.05, 0) is 26.8 Å². The summed E-state index contributed by atoms with van der Waals surface area (Å²) in [6.07, 6.45) is 0. The number of hydrogen-bond acceptors (Lipinski definition) is 3. The SMILES string of the molecule is COc1ccc(CNC(C)(C)C)c(OCC(Cl)=CCl)c1. The average molecular weight is 318 g/mol. The molecule has 20 heavy (non-hydrogen) atoms. The number of nitrogens with one attached hydrogen (secondary N) is 1. The summed E-state index contributed by atoms with van der Waals surface area (Å²) >= 11 is 11.4. The van der Waals surface area contributed by atoms with Crippen molar-refractivity contribution in [2.75, 3.05) is 13.7 Å². The van der Waals surface area contributed by atoms with Crippen LogP contribution in [0.2, 0.25) is 0 Å². The van der Waals surface area contributed by atoms with Crippen molar-refractivity contribution in [1.82, 2.24) is 5.32 Å². The van der Waals surface area contributed by atoms with Gasteiger partial charge >= 0.3 is 0 Å². The van der Waals surface area contributed by atoms with E-state index in [2.05, 4.69) is 26.1 Å². The Balaban J connectivity index is 2.86. The van der Waals surface area contributed by atoms with Crippen molar-refractivity contribution < 1.29 is 9.47 Å². The first kappa shape index (κ1) is 17.2. The maximum atomic E-state index is 5.85. The molecule has 0 bridgehead atoms. The minimum atomic E-state index is 0.0326. The maximum Gasteiger partial charge on any atom is 0.128 e. The summed E-state index contributed by atoms with van der Waals surface area (Å²) in [6, 6.07) is 5.73. The van der Waals surface area contributed by atoms with Crippen LogP contribution in [0.4, 0.5) is 0 Å². The van der Waals surface area contributed by atoms with Crippen LogP contribution in [0.25, 0.3) is 0 Å². The predicted molar refractivity (Wildman–Crippen MR) is 84.9 cm³/mol. The van der Waals surface area contributed by atoms with Crippen LogP contribution in [-0.2, 0) is 6.54 Å². The molecule has 0 saturated carbocycles. The predicted octanol–water partition coefficient (Wildman–Crippen LogP) is 4.28. The molecule has 0 aliphatic rings. The average Bonchev–Trinajstić information content (AvgIpc) is 2.41. The highest BCUT2D eigenvalue weighted by Crippen LogP contribution is 2.26. The first-order chi connectivity index (χ1) is 9.35. The minimum Gasteiger partial charge on any atom is -0.497 e. The van der Waals surface area contributed by atoms with Gasteiger partial charge in [0.2, 0.25) is 0 Å². The number of benzene rings is 1. The lowest BCUT2D eigenvalue weighted by Crippen LogP contribution is -2.35. The van der Waals surface area contributed by atoms with Gasteiger partial charge in [-0.2, -0.15) is 0 Å². The van der Waals surface area contributed by atoms with Gasteiger partial charge in [-0.3, -0.25) is 0 Å². The molecule has 5 heteroatoms. The molecular weight excluding hydrogens is 297 g/mol. The summed E-state index contributed by atoms with van der Waals surface area (Å²) in [6.45, 7) is 7.28. The maximum absolute atomic E-state index is 5.85. The van der Waals surface area contributed by atoms with Crippen molar-refractivity contribution >= 4 is 23.2 Å². The number of halogens is 2. The van der Waals surface area contributed by atoms with Crippen LogP contribution < -0.4 is 14.8 Å². The van der Waals surface area contributed by atoms with Crippen molar-refractivity contribution in [3.05, 3.63) is 34.3 Å². The van der Waals surface area contributed by atoms with Gasteiger partial charge in [-0.1, -0.05) is 29.3 Å². The standard InChI is InChI=1S/C15H21Cl2NO2/c1-15(2,3)18-9-11-5-6-13(19-4)7-14(11)20-10-12(17)8-16/h5-8,18H,9-10H2,1-4H3. The second kappa shape index (κ2) is 7.77. The van der Waals surface area contributed by atoms with Gasteiger partial charge in [0.25, 0.3) is 0 Å². The fraction of sp³-hybridized carbons (Fsp3) is 0.467. The Morgan fingerprint density at radius 3 is 2.60 bits per heavy atom. The summed E-state index contributed by atoms with van der Waals surface area (Å²) in [5.74, 6) is 1.48. The Labute approximate surface area is 130 Å². The van der Waals surface area contributed by atoms with Crippen molar-refractivity contribution in [2.45, 2.75) is 32.9 Å². The zero-order chi connectivity index (χ0) is 15.2. The van der Waals surface area contributed by atoms with E-state index in [9.17, 15) is 0 Å². The van der Waals surface area contributed by atoms with Crippen molar-refractivity contribution in [2.24, 2.45) is 0 Å². The van der Waals surface area contributed by atoms with Gasteiger partial charge in [0.15, 0.2) is 0 Å². The third kappa shape index (κ3) is 6.04. The van der Waals surface area contributed by atoms with Crippen molar-refractivity contribution in [3.63, 3.8) is 0 Å². The van der Waals surface area contributed by atoms with Gasteiger partial charge in [0, 0.05) is 29.2 Å². The lowest BCUT2D eigenvalue weighted by Gasteiger charge is -2.22. The summed E-state index contributed by atoms with van der Waals surface area (Å²) in [7, 11) is 1.62. The summed E-state index contributed by atoms with van der Waals surface area (Å²) in [5.41, 5.74) is 2.37. The largest absolute Gasteiger partial charge is 0.497 e. The molecule has 0 unspecified atom stereocenters. The van der Waals surface area contributed by atoms with Gasteiger partial charge in [0.1, 0.15) is 18.1 Å². The van der Waals surface area contributed by atoms with Crippen LogP contribution in [0.1, 0.15) is 26.3 Å². The highest BCUT2D eigenvalue weighted by atomic mass is 35.5. The molecule has 0 aliphatic heterocycles. The van der Waals surface area contributed by atoms with Crippen LogP contribution in [0.5, 0.6) is 11.5 Å². The lowest BCUT2D eigenvalue weighted by molar-refractivity contribution is 0.344. The van der Waals surface area contributed by atoms with E-state index >= 15 is 0 Å². The van der Waals surface area contributed by atoms with E-state index in [0.29, 0.717) is 11.6 Å². The summed E-state index contributed by atoms with van der Waals surface area (Å²) < 4.78 is 10.9. The van der Waals surface area contributed by atoms with E-state index in [4.69, 9.17) is 32.7 Å². The third-order valence-electron chi connectivity index (χ3n) is 2.57. The van der Waals surface area contributed by atoms with E-state index in [-0.39, 0.29) is 12.1 Å². The van der Waals surface area contributed by atoms with Crippen LogP contribution in [0, 0.1) is 0 Å². The smallest absolute Gasteiger partial charge is 0.128 e. The van der Waals surface area contributed by atoms with E-state index in [1.807, 2.05) is 18.2 Å². The van der Waals surface area contributed by atoms with Gasteiger partial charge < -0.3 is 14.8 Å². The number of ether oxygens (including phenoxy) is 2. The summed E-state index contributed by atoms with van der Waals surface area (Å²) in [4.78, 5) is 0. The van der Waals surface area contributed by atoms with Gasteiger partial charge in [-0.25, -0.2) is 0 Å². The fourth-order valence-electron chi connectivity index (χ4n) is 1.48. The van der Waals surface area contributed by atoms with E-state index < -0.39 is 0 Å². The molecular formula is C15H21Cl2NO2. The Hall–Kier alpha value is -0.900. The minimum absolute atomic E-state index is 0.0326. The molecule has 0 aromatic heterocycles. The fourth-order valence-corrected chi connectivity index (χ4v) is 1.60. The monoisotopic (exact) mass is 317 g/mol. The Morgan fingerprint density at radius 1 is 1.35 bits per heavy atom. The highest BCUT2D eigenvalue weighted by Gasteiger charge is 2.12. The molecule has 1 N–H and O–H groups in total. The molecule has 0 spiro atoms. The molecule has 3 nitrogen and oxygen atoms in total. The molecule has 1 rings (SSSR count). The second-order valence-electron chi connectivity index (χ2n) is 5.42. The van der Waals surface area contributed by atoms with Crippen LogP contribution in [0.3, 0.4) is 0 Å². The first-order valence-corrected chi connectivity index (χ1v) is 7.16. The normalized spacial score (nSPS) is 12.4. The Kier molecular flexibility index (Phi) is 6.66. The van der Waals surface area contributed by atoms with Gasteiger partial charge in [-0.15, -0.1) is 0 Å². The number of methoxy groups -OCH3 is 1. The Bertz CT molecular complexity index is 467. The van der Waals surface area contributed by atoms with E-state index in [0.717, 1.165) is 17.1 Å². The molecule has 1 aromatic rings. The second-order valence-corrected chi connectivity index (χ2v) is 6.13. The first-order valence-electron chi connectivity index (χ1n) is 6.35. The number of rotatable bonds is 6. The molecule has 0 fully saturated rings. The molecule has 1 aromatic carbocycles. The molecule has 0 aliphatic carbocycles. The van der Waals surface area contributed by atoms with Crippen molar-refractivity contribution in [1.29, 1.82) is 0 Å². The van der Waals surface area contributed by atoms with Crippen LogP contribution in [0.15, 0.2) is 28.8 Å². The topological polar surface area (TPSA) is 30.5 Å². The van der Waals surface area contributed by atoms with Gasteiger partial charge in [0.05, 0.1) is 12.1 Å². The quantitative estimate of drug-likeness (QED) is 0.849. The zero-order valence-corrected chi connectivity index (χ0v) is 13.8. The van der Waals surface area contributed by atoms with Crippen molar-refractivity contribution in [3.8, 4) is 11.5 Å².